The molecule has 1 aliphatic heterocycles. The van der Waals surface area contributed by atoms with Crippen LogP contribution in [0.15, 0.2) is 97.1 Å². The minimum Gasteiger partial charge on any atom is -0.462 e. The Morgan fingerprint density at radius 1 is 0.638 bits per heavy atom. The predicted octanol–water partition coefficient (Wildman–Crippen LogP) is 8.10. The van der Waals surface area contributed by atoms with Crippen molar-refractivity contribution < 1.29 is 33.4 Å². The van der Waals surface area contributed by atoms with Gasteiger partial charge < -0.3 is 9.47 Å². The number of unbranched alkanes of at least 4 members (excludes halogenated alkanes) is 3. The third-order valence-electron chi connectivity index (χ3n) is 8.10. The lowest BCUT2D eigenvalue weighted by Gasteiger charge is -2.17. The number of carbonyl (C=O) groups excluding carboxylic acids is 5. The lowest BCUT2D eigenvalue weighted by molar-refractivity contribution is 0.0263. The van der Waals surface area contributed by atoms with Crippen LogP contribution in [-0.4, -0.2) is 42.2 Å². The molecule has 240 valence electrons. The molecule has 0 aliphatic carbocycles. The Hall–Kier alpha value is -5.37. The Bertz CT molecular complexity index is 1760. The largest absolute Gasteiger partial charge is 0.462 e. The predicted molar refractivity (Wildman–Crippen MR) is 179 cm³/mol. The number of hydrogen-bond acceptors (Lipinski definition) is 7. The number of amides is 2. The molecule has 4 aromatic rings. The fourth-order valence-electron chi connectivity index (χ4n) is 5.42. The van der Waals surface area contributed by atoms with Crippen molar-refractivity contribution in [3.63, 3.8) is 0 Å². The number of esters is 2. The molecule has 0 saturated heterocycles. The number of anilines is 1. The summed E-state index contributed by atoms with van der Waals surface area (Å²) in [5.74, 6) is -2.69. The monoisotopic (exact) mass is 631 g/mol. The van der Waals surface area contributed by atoms with Crippen molar-refractivity contribution in [3.05, 3.63) is 125 Å². The van der Waals surface area contributed by atoms with Crippen molar-refractivity contribution in [2.75, 3.05) is 11.5 Å². The van der Waals surface area contributed by atoms with E-state index in [4.69, 9.17) is 9.47 Å². The maximum Gasteiger partial charge on any atom is 0.338 e. The van der Waals surface area contributed by atoms with Crippen LogP contribution in [0.1, 0.15) is 104 Å². The average molecular weight is 632 g/mol. The molecule has 0 N–H and O–H groups in total. The van der Waals surface area contributed by atoms with Gasteiger partial charge in [0.1, 0.15) is 0 Å². The SMILES string of the molecule is CCCCCOC(=O)c1ccc(N2C(=O)c3ccc(C(=O)O[C@@H](CCCC)C(=O)c4ccc(-c5ccccc5)cc4)cc3C2=O)cc1. The van der Waals surface area contributed by atoms with Gasteiger partial charge in [-0.2, -0.15) is 0 Å². The molecular formula is C39H37NO7. The number of imide groups is 1. The first kappa shape index (κ1) is 33.0. The number of ketones is 1. The zero-order chi connectivity index (χ0) is 33.3. The van der Waals surface area contributed by atoms with Crippen LogP contribution < -0.4 is 4.90 Å². The fraction of sp³-hybridized carbons (Fsp3) is 0.256. The van der Waals surface area contributed by atoms with Crippen LogP contribution in [0.2, 0.25) is 0 Å². The number of benzene rings is 4. The highest BCUT2D eigenvalue weighted by molar-refractivity contribution is 6.34. The molecule has 0 fully saturated rings. The summed E-state index contributed by atoms with van der Waals surface area (Å²) in [5, 5.41) is 0. The highest BCUT2D eigenvalue weighted by atomic mass is 16.5. The number of fused-ring (bicyclic) bond motifs is 1. The average Bonchev–Trinajstić information content (AvgIpc) is 3.36. The molecule has 2 amide bonds. The molecule has 1 atom stereocenters. The van der Waals surface area contributed by atoms with Crippen molar-refractivity contribution in [2.45, 2.75) is 58.5 Å². The Morgan fingerprint density at radius 3 is 1.94 bits per heavy atom. The lowest BCUT2D eigenvalue weighted by Crippen LogP contribution is -2.29. The zero-order valence-corrected chi connectivity index (χ0v) is 26.6. The van der Waals surface area contributed by atoms with Gasteiger partial charge in [-0.1, -0.05) is 87.7 Å². The molecule has 0 spiro atoms. The minimum atomic E-state index is -1.01. The number of Topliss-reactive ketones (excluding diaryl/α,β-unsaturated/α-hetero) is 1. The van der Waals surface area contributed by atoms with Crippen molar-refractivity contribution in [2.24, 2.45) is 0 Å². The van der Waals surface area contributed by atoms with Gasteiger partial charge in [0, 0.05) is 5.56 Å². The van der Waals surface area contributed by atoms with E-state index in [-0.39, 0.29) is 28.2 Å². The van der Waals surface area contributed by atoms with Gasteiger partial charge >= 0.3 is 11.9 Å². The third kappa shape index (κ3) is 7.55. The maximum absolute atomic E-state index is 13.5. The number of ether oxygens (including phenoxy) is 2. The van der Waals surface area contributed by atoms with E-state index in [0.717, 1.165) is 41.7 Å². The Kier molecular flexibility index (Phi) is 10.7. The fourth-order valence-corrected chi connectivity index (χ4v) is 5.42. The van der Waals surface area contributed by atoms with Crippen molar-refractivity contribution in [1.82, 2.24) is 0 Å². The summed E-state index contributed by atoms with van der Waals surface area (Å²) in [5.41, 5.74) is 3.27. The minimum absolute atomic E-state index is 0.0526. The van der Waals surface area contributed by atoms with E-state index in [1.54, 1.807) is 12.1 Å². The van der Waals surface area contributed by atoms with E-state index >= 15 is 0 Å². The molecule has 0 unspecified atom stereocenters. The van der Waals surface area contributed by atoms with Crippen LogP contribution in [-0.2, 0) is 9.47 Å². The molecule has 8 heteroatoms. The molecule has 0 radical (unpaired) electrons. The van der Waals surface area contributed by atoms with E-state index in [0.29, 0.717) is 30.6 Å². The number of rotatable bonds is 14. The second-order valence-electron chi connectivity index (χ2n) is 11.4. The lowest BCUT2D eigenvalue weighted by atomic mass is 9.98. The first-order chi connectivity index (χ1) is 22.8. The molecule has 5 rings (SSSR count). The van der Waals surface area contributed by atoms with E-state index in [9.17, 15) is 24.0 Å². The van der Waals surface area contributed by atoms with Crippen molar-refractivity contribution in [3.8, 4) is 11.1 Å². The molecule has 1 heterocycles. The van der Waals surface area contributed by atoms with Crippen molar-refractivity contribution in [1.29, 1.82) is 0 Å². The zero-order valence-electron chi connectivity index (χ0n) is 26.6. The topological polar surface area (TPSA) is 107 Å². The maximum atomic E-state index is 13.5. The van der Waals surface area contributed by atoms with Crippen LogP contribution >= 0.6 is 0 Å². The van der Waals surface area contributed by atoms with Crippen LogP contribution in [0.25, 0.3) is 11.1 Å². The Labute approximate surface area is 274 Å². The van der Waals surface area contributed by atoms with E-state index < -0.39 is 29.9 Å². The highest BCUT2D eigenvalue weighted by Gasteiger charge is 2.37. The Balaban J connectivity index is 1.28. The van der Waals surface area contributed by atoms with Gasteiger partial charge in [-0.25, -0.2) is 14.5 Å². The molecular weight excluding hydrogens is 594 g/mol. The van der Waals surface area contributed by atoms with Gasteiger partial charge in [0.05, 0.1) is 34.5 Å². The second kappa shape index (κ2) is 15.3. The number of hydrogen-bond donors (Lipinski definition) is 0. The van der Waals surface area contributed by atoms with Crippen LogP contribution in [0.4, 0.5) is 5.69 Å². The smallest absolute Gasteiger partial charge is 0.338 e. The summed E-state index contributed by atoms with van der Waals surface area (Å²) >= 11 is 0. The Morgan fingerprint density at radius 2 is 1.26 bits per heavy atom. The van der Waals surface area contributed by atoms with Gasteiger partial charge in [-0.3, -0.25) is 14.4 Å². The van der Waals surface area contributed by atoms with Crippen molar-refractivity contribution >= 4 is 35.2 Å². The molecule has 8 nitrogen and oxygen atoms in total. The molecule has 0 bridgehead atoms. The summed E-state index contributed by atoms with van der Waals surface area (Å²) in [6, 6.07) is 27.2. The molecule has 0 saturated carbocycles. The van der Waals surface area contributed by atoms with Gasteiger partial charge in [0.2, 0.25) is 5.78 Å². The van der Waals surface area contributed by atoms with Crippen LogP contribution in [0, 0.1) is 0 Å². The summed E-state index contributed by atoms with van der Waals surface area (Å²) < 4.78 is 11.0. The quantitative estimate of drug-likeness (QED) is 0.0599. The summed E-state index contributed by atoms with van der Waals surface area (Å²) in [7, 11) is 0. The van der Waals surface area contributed by atoms with Crippen LogP contribution in [0.3, 0.4) is 0 Å². The number of carbonyl (C=O) groups is 5. The van der Waals surface area contributed by atoms with Gasteiger partial charge in [0.25, 0.3) is 11.8 Å². The van der Waals surface area contributed by atoms with E-state index in [2.05, 4.69) is 6.92 Å². The molecule has 4 aromatic carbocycles. The second-order valence-corrected chi connectivity index (χ2v) is 11.4. The first-order valence-corrected chi connectivity index (χ1v) is 16.0. The van der Waals surface area contributed by atoms with Crippen LogP contribution in [0.5, 0.6) is 0 Å². The molecule has 0 aromatic heterocycles. The summed E-state index contributed by atoms with van der Waals surface area (Å²) in [6.45, 7) is 4.38. The summed E-state index contributed by atoms with van der Waals surface area (Å²) in [4.78, 5) is 66.8. The van der Waals surface area contributed by atoms with E-state index in [1.807, 2.05) is 49.4 Å². The van der Waals surface area contributed by atoms with E-state index in [1.165, 1.54) is 42.5 Å². The third-order valence-corrected chi connectivity index (χ3v) is 8.10. The highest BCUT2D eigenvalue weighted by Crippen LogP contribution is 2.30. The normalized spacial score (nSPS) is 12.9. The van der Waals surface area contributed by atoms with Gasteiger partial charge in [-0.05, 0) is 72.9 Å². The summed E-state index contributed by atoms with van der Waals surface area (Å²) in [6.07, 6.45) is 3.58. The first-order valence-electron chi connectivity index (χ1n) is 16.0. The molecule has 47 heavy (non-hydrogen) atoms. The number of nitrogens with zero attached hydrogens (tertiary/aromatic N) is 1. The van der Waals surface area contributed by atoms with Gasteiger partial charge in [0.15, 0.2) is 6.10 Å². The standard InChI is InChI=1S/C39H37NO7/c1-3-5-10-24-46-38(44)29-18-21-31(22-19-29)40-36(42)32-23-20-30(25-33(32)37(40)43)39(45)47-34(13-6-4-2)35(41)28-16-14-27(15-17-28)26-11-8-7-9-12-26/h7-9,11-12,14-23,25,34H,3-6,10,13,24H2,1-2H3/t34-/m0/s1. The van der Waals surface area contributed by atoms with Gasteiger partial charge in [-0.15, -0.1) is 0 Å². The molecule has 1 aliphatic rings.